The van der Waals surface area contributed by atoms with Gasteiger partial charge in [-0.1, -0.05) is 19.1 Å². The second-order valence-electron chi connectivity index (χ2n) is 6.70. The van der Waals surface area contributed by atoms with E-state index in [1.165, 1.54) is 18.5 Å². The molecule has 0 unspecified atom stereocenters. The number of anilines is 1. The summed E-state index contributed by atoms with van der Waals surface area (Å²) in [5.74, 6) is 0.743. The van der Waals surface area contributed by atoms with Gasteiger partial charge in [-0.2, -0.15) is 0 Å². The normalized spacial score (nSPS) is 16.7. The van der Waals surface area contributed by atoms with Crippen LogP contribution < -0.4 is 10.2 Å². The average molecular weight is 323 g/mol. The number of pyridine rings is 1. The van der Waals surface area contributed by atoms with Crippen LogP contribution in [0.5, 0.6) is 0 Å². The summed E-state index contributed by atoms with van der Waals surface area (Å²) in [7, 11) is 0. The third-order valence-corrected chi connectivity index (χ3v) is 4.81. The fraction of sp³-hybridized carbons (Fsp3) is 0.400. The molecule has 2 heterocycles. The smallest absolute Gasteiger partial charge is 0.253 e. The standard InChI is InChI=1S/C20H25N3O/c1-15-9-12-23(13-10-15)19-7-5-17(6-8-19)16(2)22-20(24)18-4-3-11-21-14-18/h3-8,11,14-16H,9-10,12-13H2,1-2H3,(H,22,24)/t16-/m1/s1. The van der Waals surface area contributed by atoms with E-state index >= 15 is 0 Å². The molecule has 1 aliphatic heterocycles. The highest BCUT2D eigenvalue weighted by Crippen LogP contribution is 2.24. The third-order valence-electron chi connectivity index (χ3n) is 4.81. The van der Waals surface area contributed by atoms with E-state index in [4.69, 9.17) is 0 Å². The highest BCUT2D eigenvalue weighted by Gasteiger charge is 2.16. The zero-order valence-corrected chi connectivity index (χ0v) is 14.4. The highest BCUT2D eigenvalue weighted by atomic mass is 16.1. The first kappa shape index (κ1) is 16.5. The number of carbonyl (C=O) groups excluding carboxylic acids is 1. The van der Waals surface area contributed by atoms with Crippen molar-refractivity contribution in [3.8, 4) is 0 Å². The summed E-state index contributed by atoms with van der Waals surface area (Å²) < 4.78 is 0. The van der Waals surface area contributed by atoms with Crippen LogP contribution in [-0.2, 0) is 0 Å². The third kappa shape index (κ3) is 3.94. The van der Waals surface area contributed by atoms with E-state index in [0.717, 1.165) is 24.6 Å². The number of nitrogens with one attached hydrogen (secondary N) is 1. The number of carbonyl (C=O) groups is 1. The molecule has 1 amide bonds. The molecule has 4 heteroatoms. The molecule has 0 aliphatic carbocycles. The van der Waals surface area contributed by atoms with Gasteiger partial charge in [0.2, 0.25) is 0 Å². The molecule has 1 aliphatic rings. The summed E-state index contributed by atoms with van der Waals surface area (Å²) in [6, 6.07) is 12.1. The van der Waals surface area contributed by atoms with E-state index in [9.17, 15) is 4.79 Å². The second kappa shape index (κ2) is 7.47. The Bertz CT molecular complexity index is 661. The van der Waals surface area contributed by atoms with Crippen molar-refractivity contribution in [2.75, 3.05) is 18.0 Å². The van der Waals surface area contributed by atoms with E-state index < -0.39 is 0 Å². The maximum absolute atomic E-state index is 12.2. The van der Waals surface area contributed by atoms with Gasteiger partial charge in [0.15, 0.2) is 0 Å². The molecule has 0 bridgehead atoms. The van der Waals surface area contributed by atoms with Gasteiger partial charge in [0.25, 0.3) is 5.91 Å². The van der Waals surface area contributed by atoms with Gasteiger partial charge in [-0.25, -0.2) is 0 Å². The predicted octanol–water partition coefficient (Wildman–Crippen LogP) is 3.81. The Morgan fingerprint density at radius 3 is 2.54 bits per heavy atom. The Morgan fingerprint density at radius 2 is 1.92 bits per heavy atom. The van der Waals surface area contributed by atoms with Crippen LogP contribution in [-0.4, -0.2) is 24.0 Å². The van der Waals surface area contributed by atoms with Gasteiger partial charge in [0, 0.05) is 31.2 Å². The average Bonchev–Trinajstić information content (AvgIpc) is 2.63. The first-order valence-electron chi connectivity index (χ1n) is 8.69. The fourth-order valence-electron chi connectivity index (χ4n) is 3.10. The van der Waals surface area contributed by atoms with Crippen molar-refractivity contribution in [3.05, 3.63) is 59.9 Å². The van der Waals surface area contributed by atoms with Crippen molar-refractivity contribution in [3.63, 3.8) is 0 Å². The minimum atomic E-state index is -0.0929. The van der Waals surface area contributed by atoms with Crippen LogP contribution >= 0.6 is 0 Å². The van der Waals surface area contributed by atoms with Crippen molar-refractivity contribution in [2.45, 2.75) is 32.7 Å². The maximum atomic E-state index is 12.2. The van der Waals surface area contributed by atoms with Crippen molar-refractivity contribution >= 4 is 11.6 Å². The van der Waals surface area contributed by atoms with Crippen LogP contribution in [0.15, 0.2) is 48.8 Å². The van der Waals surface area contributed by atoms with E-state index in [1.807, 2.05) is 6.92 Å². The van der Waals surface area contributed by atoms with Gasteiger partial charge in [-0.3, -0.25) is 9.78 Å². The van der Waals surface area contributed by atoms with E-state index in [2.05, 4.69) is 46.4 Å². The van der Waals surface area contributed by atoms with E-state index in [0.29, 0.717) is 5.56 Å². The number of rotatable bonds is 4. The molecule has 0 spiro atoms. The second-order valence-corrected chi connectivity index (χ2v) is 6.70. The summed E-state index contributed by atoms with van der Waals surface area (Å²) in [4.78, 5) is 18.6. The van der Waals surface area contributed by atoms with Crippen LogP contribution in [0, 0.1) is 5.92 Å². The minimum absolute atomic E-state index is 0.0341. The van der Waals surface area contributed by atoms with Gasteiger partial charge >= 0.3 is 0 Å². The lowest BCUT2D eigenvalue weighted by atomic mass is 9.98. The zero-order chi connectivity index (χ0) is 16.9. The molecule has 2 aromatic rings. The molecule has 1 aromatic carbocycles. The quantitative estimate of drug-likeness (QED) is 0.930. The van der Waals surface area contributed by atoms with Gasteiger partial charge < -0.3 is 10.2 Å². The molecule has 1 N–H and O–H groups in total. The Kier molecular flexibility index (Phi) is 5.14. The SMILES string of the molecule is CC1CCN(c2ccc([C@@H](C)NC(=O)c3cccnc3)cc2)CC1. The van der Waals surface area contributed by atoms with Gasteiger partial charge in [0.1, 0.15) is 0 Å². The molecular weight excluding hydrogens is 298 g/mol. The number of piperidine rings is 1. The predicted molar refractivity (Wildman–Crippen MR) is 97.2 cm³/mol. The lowest BCUT2D eigenvalue weighted by molar-refractivity contribution is 0.0939. The number of benzene rings is 1. The lowest BCUT2D eigenvalue weighted by Gasteiger charge is -2.32. The maximum Gasteiger partial charge on any atom is 0.253 e. The van der Waals surface area contributed by atoms with Crippen molar-refractivity contribution in [1.29, 1.82) is 0 Å². The number of nitrogens with zero attached hydrogens (tertiary/aromatic N) is 2. The van der Waals surface area contributed by atoms with Crippen molar-refractivity contribution in [1.82, 2.24) is 10.3 Å². The Hall–Kier alpha value is -2.36. The molecule has 0 radical (unpaired) electrons. The number of amides is 1. The molecule has 24 heavy (non-hydrogen) atoms. The first-order valence-corrected chi connectivity index (χ1v) is 8.69. The van der Waals surface area contributed by atoms with Crippen LogP contribution in [0.3, 0.4) is 0 Å². The molecule has 1 saturated heterocycles. The molecular formula is C20H25N3O. The van der Waals surface area contributed by atoms with Crippen LogP contribution in [0.25, 0.3) is 0 Å². The summed E-state index contributed by atoms with van der Waals surface area (Å²) in [6.45, 7) is 6.60. The summed E-state index contributed by atoms with van der Waals surface area (Å²) >= 11 is 0. The molecule has 1 fully saturated rings. The number of aromatic nitrogens is 1. The first-order chi connectivity index (χ1) is 11.6. The van der Waals surface area contributed by atoms with Gasteiger partial charge in [0.05, 0.1) is 11.6 Å². The molecule has 4 nitrogen and oxygen atoms in total. The van der Waals surface area contributed by atoms with Crippen molar-refractivity contribution < 1.29 is 4.79 Å². The summed E-state index contributed by atoms with van der Waals surface area (Å²) in [5.41, 5.74) is 2.97. The topological polar surface area (TPSA) is 45.2 Å². The summed E-state index contributed by atoms with van der Waals surface area (Å²) in [6.07, 6.45) is 5.78. The van der Waals surface area contributed by atoms with E-state index in [1.54, 1.807) is 24.5 Å². The number of hydrogen-bond acceptors (Lipinski definition) is 3. The van der Waals surface area contributed by atoms with Crippen LogP contribution in [0.4, 0.5) is 5.69 Å². The monoisotopic (exact) mass is 323 g/mol. The highest BCUT2D eigenvalue weighted by molar-refractivity contribution is 5.94. The van der Waals surface area contributed by atoms with Gasteiger partial charge in [-0.15, -0.1) is 0 Å². The van der Waals surface area contributed by atoms with Crippen molar-refractivity contribution in [2.24, 2.45) is 5.92 Å². The molecule has 1 atom stereocenters. The Balaban J connectivity index is 1.61. The van der Waals surface area contributed by atoms with Gasteiger partial charge in [-0.05, 0) is 55.5 Å². The fourth-order valence-corrected chi connectivity index (χ4v) is 3.10. The van der Waals surface area contributed by atoms with Crippen LogP contribution in [0.1, 0.15) is 48.7 Å². The Morgan fingerprint density at radius 1 is 1.21 bits per heavy atom. The molecule has 126 valence electrons. The largest absolute Gasteiger partial charge is 0.372 e. The molecule has 0 saturated carbocycles. The van der Waals surface area contributed by atoms with E-state index in [-0.39, 0.29) is 11.9 Å². The summed E-state index contributed by atoms with van der Waals surface area (Å²) in [5, 5.41) is 3.02. The zero-order valence-electron chi connectivity index (χ0n) is 14.4. The molecule has 3 rings (SSSR count). The minimum Gasteiger partial charge on any atom is -0.372 e. The molecule has 1 aromatic heterocycles. The lowest BCUT2D eigenvalue weighted by Crippen LogP contribution is -2.32. The number of hydrogen-bond donors (Lipinski definition) is 1. The van der Waals surface area contributed by atoms with Crippen LogP contribution in [0.2, 0.25) is 0 Å². The Labute approximate surface area is 143 Å².